The van der Waals surface area contributed by atoms with Crippen LogP contribution in [-0.2, 0) is 12.8 Å². The van der Waals surface area contributed by atoms with E-state index in [2.05, 4.69) is 10.5 Å². The number of thiophene rings is 1. The summed E-state index contributed by atoms with van der Waals surface area (Å²) in [7, 11) is 0. The Kier molecular flexibility index (Phi) is 4.34. The van der Waals surface area contributed by atoms with Crippen molar-refractivity contribution in [2.75, 3.05) is 0 Å². The number of carbonyl (C=O) groups is 1. The van der Waals surface area contributed by atoms with Crippen LogP contribution in [0.5, 0.6) is 11.5 Å². The summed E-state index contributed by atoms with van der Waals surface area (Å²) in [4.78, 5) is 14.2. The van der Waals surface area contributed by atoms with Crippen molar-refractivity contribution in [1.29, 1.82) is 0 Å². The monoisotopic (exact) mass is 330 g/mol. The number of phenolic OH excluding ortho intramolecular Hbond substituents is 2. The molecule has 2 aromatic rings. The summed E-state index contributed by atoms with van der Waals surface area (Å²) in [6.07, 6.45) is 4.47. The average Bonchev–Trinajstić information content (AvgIpc) is 2.95. The van der Waals surface area contributed by atoms with Crippen LogP contribution in [0.15, 0.2) is 29.4 Å². The molecule has 1 aliphatic carbocycles. The minimum Gasteiger partial charge on any atom is -0.508 e. The minimum absolute atomic E-state index is 0.0493. The van der Waals surface area contributed by atoms with E-state index in [1.165, 1.54) is 52.8 Å². The number of hydrazone groups is 1. The second-order valence-corrected chi connectivity index (χ2v) is 6.78. The van der Waals surface area contributed by atoms with Gasteiger partial charge in [0.2, 0.25) is 0 Å². The van der Waals surface area contributed by atoms with Crippen LogP contribution in [0.3, 0.4) is 0 Å². The van der Waals surface area contributed by atoms with Crippen LogP contribution in [0.1, 0.15) is 45.4 Å². The zero-order valence-corrected chi connectivity index (χ0v) is 13.6. The number of hydrogen-bond donors (Lipinski definition) is 3. The first kappa shape index (κ1) is 15.6. The third-order valence-corrected chi connectivity index (χ3v) is 5.10. The largest absolute Gasteiger partial charge is 0.508 e. The van der Waals surface area contributed by atoms with Crippen molar-refractivity contribution in [2.45, 2.75) is 32.6 Å². The van der Waals surface area contributed by atoms with Crippen molar-refractivity contribution >= 4 is 23.0 Å². The quantitative estimate of drug-likeness (QED) is 0.597. The van der Waals surface area contributed by atoms with Gasteiger partial charge in [-0.3, -0.25) is 4.79 Å². The summed E-state index contributed by atoms with van der Waals surface area (Å²) in [6.45, 7) is 1.70. The van der Waals surface area contributed by atoms with Gasteiger partial charge >= 0.3 is 0 Å². The van der Waals surface area contributed by atoms with Gasteiger partial charge < -0.3 is 10.2 Å². The van der Waals surface area contributed by atoms with Gasteiger partial charge in [-0.05, 0) is 56.4 Å². The summed E-state index contributed by atoms with van der Waals surface area (Å²) in [6, 6.07) is 6.16. The molecule has 0 saturated carbocycles. The molecule has 0 fully saturated rings. The summed E-state index contributed by atoms with van der Waals surface area (Å²) in [5.74, 6) is -0.327. The first-order valence-corrected chi connectivity index (χ1v) is 8.34. The van der Waals surface area contributed by atoms with Crippen molar-refractivity contribution in [1.82, 2.24) is 5.43 Å². The molecule has 1 aromatic heterocycles. The number of hydrogen-bond acceptors (Lipinski definition) is 5. The molecule has 0 aliphatic heterocycles. The fraction of sp³-hybridized carbons (Fsp3) is 0.294. The van der Waals surface area contributed by atoms with E-state index < -0.39 is 0 Å². The predicted octanol–water partition coefficient (Wildman–Crippen LogP) is 3.19. The molecule has 5 nitrogen and oxygen atoms in total. The van der Waals surface area contributed by atoms with Gasteiger partial charge in [0.15, 0.2) is 0 Å². The van der Waals surface area contributed by atoms with Crippen molar-refractivity contribution in [3.63, 3.8) is 0 Å². The van der Waals surface area contributed by atoms with E-state index in [0.29, 0.717) is 16.2 Å². The van der Waals surface area contributed by atoms with Gasteiger partial charge in [0.05, 0.1) is 10.6 Å². The van der Waals surface area contributed by atoms with E-state index in [-0.39, 0.29) is 17.4 Å². The lowest BCUT2D eigenvalue weighted by molar-refractivity contribution is 0.0959. The number of fused-ring (bicyclic) bond motifs is 1. The molecule has 3 N–H and O–H groups in total. The fourth-order valence-electron chi connectivity index (χ4n) is 2.66. The van der Waals surface area contributed by atoms with Crippen LogP contribution in [-0.4, -0.2) is 21.8 Å². The Hall–Kier alpha value is -2.34. The Balaban J connectivity index is 1.73. The maximum atomic E-state index is 12.2. The van der Waals surface area contributed by atoms with E-state index in [4.69, 9.17) is 0 Å². The summed E-state index contributed by atoms with van der Waals surface area (Å²) < 4.78 is 0. The molecule has 1 aromatic carbocycles. The van der Waals surface area contributed by atoms with Crippen LogP contribution in [0.2, 0.25) is 0 Å². The molecule has 0 bridgehead atoms. The van der Waals surface area contributed by atoms with Crippen LogP contribution in [0, 0.1) is 0 Å². The number of amides is 1. The van der Waals surface area contributed by atoms with Crippen molar-refractivity contribution in [3.05, 3.63) is 45.1 Å². The number of nitrogens with zero attached hydrogens (tertiary/aromatic N) is 1. The smallest absolute Gasteiger partial charge is 0.281 e. The molecule has 120 valence electrons. The number of rotatable bonds is 3. The second kappa shape index (κ2) is 6.42. The van der Waals surface area contributed by atoms with Gasteiger partial charge in [0.25, 0.3) is 5.91 Å². The highest BCUT2D eigenvalue weighted by Crippen LogP contribution is 2.29. The molecular formula is C17H18N2O3S. The Bertz CT molecular complexity index is 736. The maximum Gasteiger partial charge on any atom is 0.281 e. The number of aromatic hydroxyl groups is 2. The summed E-state index contributed by atoms with van der Waals surface area (Å²) in [5.41, 5.74) is 4.88. The van der Waals surface area contributed by atoms with Gasteiger partial charge in [-0.2, -0.15) is 5.10 Å². The molecule has 3 rings (SSSR count). The van der Waals surface area contributed by atoms with Crippen molar-refractivity contribution < 1.29 is 15.0 Å². The molecule has 23 heavy (non-hydrogen) atoms. The molecule has 1 amide bonds. The fourth-order valence-corrected chi connectivity index (χ4v) is 3.80. The number of carbonyl (C=O) groups excluding carboxylic acids is 1. The zero-order chi connectivity index (χ0) is 16.4. The zero-order valence-electron chi connectivity index (χ0n) is 12.8. The van der Waals surface area contributed by atoms with Crippen LogP contribution in [0.25, 0.3) is 0 Å². The molecule has 1 aliphatic rings. The molecule has 0 unspecified atom stereocenters. The highest BCUT2D eigenvalue weighted by Gasteiger charge is 2.17. The third-order valence-electron chi connectivity index (χ3n) is 3.87. The van der Waals surface area contributed by atoms with Crippen LogP contribution < -0.4 is 5.43 Å². The summed E-state index contributed by atoms with van der Waals surface area (Å²) >= 11 is 1.53. The highest BCUT2D eigenvalue weighted by molar-refractivity contribution is 7.14. The Morgan fingerprint density at radius 2 is 1.83 bits per heavy atom. The maximum absolute atomic E-state index is 12.2. The standard InChI is InChI=1S/C17H18N2O3S/c1-10(12-6-13(20)9-14(21)7-12)18-19-17(22)16-8-11-4-2-3-5-15(11)23-16/h6-9,20-21H,2-5H2,1H3,(H,19,22)/b18-10-. The van der Waals surface area contributed by atoms with E-state index in [9.17, 15) is 15.0 Å². The van der Waals surface area contributed by atoms with E-state index >= 15 is 0 Å². The lowest BCUT2D eigenvalue weighted by atomic mass is 9.99. The van der Waals surface area contributed by atoms with Crippen LogP contribution >= 0.6 is 11.3 Å². The van der Waals surface area contributed by atoms with Gasteiger partial charge in [-0.15, -0.1) is 11.3 Å². The van der Waals surface area contributed by atoms with Gasteiger partial charge in [-0.25, -0.2) is 5.43 Å². The summed E-state index contributed by atoms with van der Waals surface area (Å²) in [5, 5.41) is 23.0. The topological polar surface area (TPSA) is 81.9 Å². The lowest BCUT2D eigenvalue weighted by Crippen LogP contribution is -2.18. The van der Waals surface area contributed by atoms with Gasteiger partial charge in [0.1, 0.15) is 11.5 Å². The second-order valence-electron chi connectivity index (χ2n) is 5.64. The number of nitrogens with one attached hydrogen (secondary N) is 1. The minimum atomic E-state index is -0.229. The number of benzene rings is 1. The van der Waals surface area contributed by atoms with Gasteiger partial charge in [-0.1, -0.05) is 0 Å². The molecule has 0 radical (unpaired) electrons. The first-order chi connectivity index (χ1) is 11.0. The van der Waals surface area contributed by atoms with E-state index in [0.717, 1.165) is 12.8 Å². The van der Waals surface area contributed by atoms with E-state index in [1.807, 2.05) is 6.07 Å². The van der Waals surface area contributed by atoms with Crippen LogP contribution in [0.4, 0.5) is 0 Å². The normalized spacial score (nSPS) is 14.4. The van der Waals surface area contributed by atoms with Crippen molar-refractivity contribution in [3.8, 4) is 11.5 Å². The Labute approximate surface area is 138 Å². The Morgan fingerprint density at radius 3 is 2.52 bits per heavy atom. The molecule has 0 saturated heterocycles. The molecule has 0 atom stereocenters. The lowest BCUT2D eigenvalue weighted by Gasteiger charge is -2.08. The SMILES string of the molecule is C/C(=N/NC(=O)c1cc2c(s1)CCCC2)c1cc(O)cc(O)c1. The van der Waals surface area contributed by atoms with Gasteiger partial charge in [0, 0.05) is 16.5 Å². The Morgan fingerprint density at radius 1 is 1.13 bits per heavy atom. The van der Waals surface area contributed by atoms with E-state index in [1.54, 1.807) is 6.92 Å². The molecule has 0 spiro atoms. The highest BCUT2D eigenvalue weighted by atomic mass is 32.1. The third kappa shape index (κ3) is 3.53. The predicted molar refractivity (Wildman–Crippen MR) is 90.4 cm³/mol. The number of aryl methyl sites for hydroxylation is 2. The first-order valence-electron chi connectivity index (χ1n) is 7.52. The average molecular weight is 330 g/mol. The molecule has 1 heterocycles. The molecule has 6 heteroatoms. The number of phenols is 2. The molecular weight excluding hydrogens is 312 g/mol. The van der Waals surface area contributed by atoms with Crippen molar-refractivity contribution in [2.24, 2.45) is 5.10 Å².